The van der Waals surface area contributed by atoms with Crippen LogP contribution in [-0.4, -0.2) is 0 Å². The van der Waals surface area contributed by atoms with Crippen LogP contribution in [0.4, 0.5) is 0 Å². The summed E-state index contributed by atoms with van der Waals surface area (Å²) in [7, 11) is 0. The number of furan rings is 1. The van der Waals surface area contributed by atoms with E-state index in [0.29, 0.717) is 33.0 Å². The highest BCUT2D eigenvalue weighted by molar-refractivity contribution is 6.23. The Morgan fingerprint density at radius 1 is 0.367 bits per heavy atom. The average Bonchev–Trinajstić information content (AvgIpc) is 3.65. The molecule has 0 aliphatic heterocycles. The van der Waals surface area contributed by atoms with Crippen molar-refractivity contribution >= 4 is 54.3 Å². The van der Waals surface area contributed by atoms with Crippen molar-refractivity contribution in [3.63, 3.8) is 0 Å². The molecule has 49 heavy (non-hydrogen) atoms. The maximum atomic E-state index is 9.67. The molecule has 0 amide bonds. The predicted octanol–water partition coefficient (Wildman–Crippen LogP) is 13.7. The smallest absolute Gasteiger partial charge is 0.143 e. The van der Waals surface area contributed by atoms with Crippen molar-refractivity contribution in [3.05, 3.63) is 182 Å². The van der Waals surface area contributed by atoms with E-state index in [1.807, 2.05) is 84.9 Å². The van der Waals surface area contributed by atoms with Gasteiger partial charge in [-0.15, -0.1) is 0 Å². The first-order valence-electron chi connectivity index (χ1n) is 21.0. The van der Waals surface area contributed by atoms with Gasteiger partial charge in [0.25, 0.3) is 0 Å². The van der Waals surface area contributed by atoms with Gasteiger partial charge in [-0.3, -0.25) is 0 Å². The Morgan fingerprint density at radius 3 is 1.59 bits per heavy atom. The maximum Gasteiger partial charge on any atom is 0.143 e. The topological polar surface area (TPSA) is 13.1 Å². The van der Waals surface area contributed by atoms with Gasteiger partial charge in [-0.2, -0.15) is 0 Å². The van der Waals surface area contributed by atoms with Crippen molar-refractivity contribution in [1.29, 1.82) is 0 Å². The lowest BCUT2D eigenvalue weighted by atomic mass is 9.85. The van der Waals surface area contributed by atoms with Gasteiger partial charge in [0.05, 0.1) is 13.7 Å². The zero-order valence-electron chi connectivity index (χ0n) is 36.0. The van der Waals surface area contributed by atoms with Crippen LogP contribution in [0.15, 0.2) is 186 Å². The van der Waals surface area contributed by atoms with Crippen LogP contribution in [0.3, 0.4) is 0 Å². The summed E-state index contributed by atoms with van der Waals surface area (Å²) in [6.45, 7) is 0. The lowest BCUT2D eigenvalue weighted by Crippen LogP contribution is -1.91. The molecule has 1 heteroatoms. The van der Waals surface area contributed by atoms with Crippen LogP contribution < -0.4 is 0 Å². The molecule has 0 spiro atoms. The molecule has 0 radical (unpaired) electrons. The van der Waals surface area contributed by atoms with Gasteiger partial charge in [0.1, 0.15) is 11.2 Å². The van der Waals surface area contributed by atoms with E-state index in [4.69, 9.17) is 16.8 Å². The van der Waals surface area contributed by atoms with Crippen LogP contribution in [0.2, 0.25) is 0 Å². The number of fused-ring (bicyclic) bond motifs is 7. The first-order chi connectivity index (χ1) is 28.5. The highest BCUT2D eigenvalue weighted by Crippen LogP contribution is 2.46. The molecule has 0 aliphatic rings. The Labute approximate surface area is 298 Å². The van der Waals surface area contributed by atoms with Crippen molar-refractivity contribution in [2.45, 2.75) is 0 Å². The molecule has 1 heterocycles. The zero-order valence-corrected chi connectivity index (χ0v) is 26.0. The van der Waals surface area contributed by atoms with Gasteiger partial charge in [0.2, 0.25) is 0 Å². The van der Waals surface area contributed by atoms with Crippen LogP contribution in [0.25, 0.3) is 98.8 Å². The Morgan fingerprint density at radius 2 is 0.918 bits per heavy atom. The van der Waals surface area contributed by atoms with Crippen LogP contribution in [-0.2, 0) is 0 Å². The summed E-state index contributed by atoms with van der Waals surface area (Å²) in [5.74, 6) is 0. The first-order valence-corrected chi connectivity index (χ1v) is 16.0. The van der Waals surface area contributed by atoms with Crippen molar-refractivity contribution in [2.75, 3.05) is 0 Å². The number of benzene rings is 9. The molecule has 0 N–H and O–H groups in total. The second kappa shape index (κ2) is 11.1. The molecule has 9 aromatic carbocycles. The molecule has 0 bridgehead atoms. The largest absolute Gasteiger partial charge is 0.455 e. The van der Waals surface area contributed by atoms with Gasteiger partial charge in [-0.1, -0.05) is 164 Å². The van der Waals surface area contributed by atoms with Crippen molar-refractivity contribution < 1.29 is 18.1 Å². The summed E-state index contributed by atoms with van der Waals surface area (Å²) < 4.78 is 92.5. The minimum atomic E-state index is -0.431. The SMILES string of the molecule is [2H]c1c([2H])c([2H])c(-c2ccc(-c3c4ccccc4c(-c4ccc5oc6c7c([2H])c([2H])c([2H])c([2H])c7c(-c7ccccc7)c([2H])c6c5c4)c4ccccc34)cc2)c([2H])c1[2H]. The second-order valence-electron chi connectivity index (χ2n) is 12.1. The van der Waals surface area contributed by atoms with E-state index in [1.54, 1.807) is 12.1 Å². The van der Waals surface area contributed by atoms with Gasteiger partial charge in [-0.25, -0.2) is 0 Å². The molecule has 0 unspecified atom stereocenters. The molecule has 1 nitrogen and oxygen atoms in total. The lowest BCUT2D eigenvalue weighted by molar-refractivity contribution is 0.673. The Bertz CT molecular complexity index is 3340. The van der Waals surface area contributed by atoms with E-state index in [-0.39, 0.29) is 76.3 Å². The molecule has 228 valence electrons. The van der Waals surface area contributed by atoms with Gasteiger partial charge < -0.3 is 4.42 Å². The number of hydrogen-bond donors (Lipinski definition) is 0. The summed E-state index contributed by atoms with van der Waals surface area (Å²) in [5.41, 5.74) is 6.15. The number of hydrogen-bond acceptors (Lipinski definition) is 1. The molecular weight excluding hydrogens is 593 g/mol. The summed E-state index contributed by atoms with van der Waals surface area (Å²) >= 11 is 0. The van der Waals surface area contributed by atoms with E-state index in [2.05, 4.69) is 24.3 Å². The normalized spacial score (nSPS) is 14.5. The highest BCUT2D eigenvalue weighted by Gasteiger charge is 2.19. The quantitative estimate of drug-likeness (QED) is 0.176. The third-order valence-electron chi connectivity index (χ3n) is 9.35. The molecule has 0 saturated carbocycles. The minimum Gasteiger partial charge on any atom is -0.455 e. The Kier molecular flexibility index (Phi) is 4.39. The summed E-state index contributed by atoms with van der Waals surface area (Å²) in [6.07, 6.45) is 0. The third-order valence-corrected chi connectivity index (χ3v) is 9.35. The fraction of sp³-hybridized carbons (Fsp3) is 0. The van der Waals surface area contributed by atoms with E-state index >= 15 is 0 Å². The predicted molar refractivity (Wildman–Crippen MR) is 208 cm³/mol. The van der Waals surface area contributed by atoms with Gasteiger partial charge in [0, 0.05) is 16.2 Å². The maximum absolute atomic E-state index is 9.67. The van der Waals surface area contributed by atoms with Gasteiger partial charge in [0.15, 0.2) is 0 Å². The molecule has 10 aromatic rings. The molecule has 0 atom stereocenters. The summed E-state index contributed by atoms with van der Waals surface area (Å²) in [6, 6.07) is 36.0. The number of rotatable bonds is 4. The zero-order chi connectivity index (χ0) is 41.0. The monoisotopic (exact) mass is 632 g/mol. The van der Waals surface area contributed by atoms with Gasteiger partial charge in [-0.05, 0) is 89.6 Å². The molecule has 1 aromatic heterocycles. The lowest BCUT2D eigenvalue weighted by Gasteiger charge is -2.18. The fourth-order valence-corrected chi connectivity index (χ4v) is 7.18. The summed E-state index contributed by atoms with van der Waals surface area (Å²) in [4.78, 5) is 0. The summed E-state index contributed by atoms with van der Waals surface area (Å²) in [5, 5.41) is 5.48. The molecule has 10 rings (SSSR count). The van der Waals surface area contributed by atoms with Crippen LogP contribution in [0.1, 0.15) is 13.7 Å². The highest BCUT2D eigenvalue weighted by atomic mass is 16.3. The van der Waals surface area contributed by atoms with Crippen LogP contribution in [0.5, 0.6) is 0 Å². The molecular formula is C48H30O. The first kappa shape index (κ1) is 19.4. The Hall–Kier alpha value is -6.44. The Balaban J connectivity index is 1.23. The van der Waals surface area contributed by atoms with Crippen molar-refractivity contribution in [2.24, 2.45) is 0 Å². The van der Waals surface area contributed by atoms with Crippen molar-refractivity contribution in [1.82, 2.24) is 0 Å². The van der Waals surface area contributed by atoms with E-state index in [0.717, 1.165) is 43.8 Å². The standard InChI is InChI=1S/C48H30O/c1-3-13-31(14-4-1)32-23-25-34(26-24-32)46-37-18-8-10-20-39(37)47(40-21-11-9-19-38(40)46)35-27-28-45-43(29-35)44-30-42(33-15-5-2-6-16-33)36-17-7-12-22-41(36)48(44)49-45/h1-30H/i1D,3D,4D,7D,12D,13D,14D,17D,22D,30D. The van der Waals surface area contributed by atoms with Crippen molar-refractivity contribution in [3.8, 4) is 44.5 Å². The van der Waals surface area contributed by atoms with E-state index < -0.39 is 6.04 Å². The molecule has 0 aliphatic carbocycles. The minimum absolute atomic E-state index is 0.108. The average molecular weight is 633 g/mol. The van der Waals surface area contributed by atoms with E-state index in [1.165, 1.54) is 0 Å². The van der Waals surface area contributed by atoms with E-state index in [9.17, 15) is 1.37 Å². The third kappa shape index (κ3) is 4.40. The van der Waals surface area contributed by atoms with Gasteiger partial charge >= 0.3 is 0 Å². The fourth-order valence-electron chi connectivity index (χ4n) is 7.18. The van der Waals surface area contributed by atoms with Crippen LogP contribution in [0, 0.1) is 0 Å². The van der Waals surface area contributed by atoms with Crippen LogP contribution >= 0.6 is 0 Å². The molecule has 0 fully saturated rings. The molecule has 0 saturated heterocycles. The second-order valence-corrected chi connectivity index (χ2v) is 12.1.